The number of amides is 2. The van der Waals surface area contributed by atoms with Crippen molar-refractivity contribution in [2.24, 2.45) is 0 Å². The quantitative estimate of drug-likeness (QED) is 0.832. The highest BCUT2D eigenvalue weighted by Crippen LogP contribution is 2.16. The number of rotatable bonds is 3. The van der Waals surface area contributed by atoms with Crippen LogP contribution in [-0.4, -0.2) is 65.5 Å². The van der Waals surface area contributed by atoms with E-state index < -0.39 is 0 Å². The molecule has 1 aromatic heterocycles. The summed E-state index contributed by atoms with van der Waals surface area (Å²) in [5.41, 5.74) is 0.842. The van der Waals surface area contributed by atoms with Gasteiger partial charge in [0.15, 0.2) is 0 Å². The van der Waals surface area contributed by atoms with Crippen LogP contribution < -0.4 is 0 Å². The van der Waals surface area contributed by atoms with Gasteiger partial charge in [-0.25, -0.2) is 4.98 Å². The van der Waals surface area contributed by atoms with E-state index in [0.717, 1.165) is 30.0 Å². The number of hydrogen-bond acceptors (Lipinski definition) is 5. The molecule has 7 heteroatoms. The van der Waals surface area contributed by atoms with Gasteiger partial charge in [-0.05, 0) is 26.2 Å². The van der Waals surface area contributed by atoms with Gasteiger partial charge in [-0.15, -0.1) is 11.3 Å². The van der Waals surface area contributed by atoms with Crippen molar-refractivity contribution in [3.63, 3.8) is 0 Å². The summed E-state index contributed by atoms with van der Waals surface area (Å²) in [7, 11) is 0. The van der Waals surface area contributed by atoms with Crippen molar-refractivity contribution in [2.45, 2.75) is 38.7 Å². The first kappa shape index (κ1) is 16.4. The highest BCUT2D eigenvalue weighted by Gasteiger charge is 2.30. The van der Waals surface area contributed by atoms with Crippen molar-refractivity contribution in [3.8, 4) is 0 Å². The van der Waals surface area contributed by atoms with E-state index in [-0.39, 0.29) is 17.9 Å². The Balaban J connectivity index is 1.53. The summed E-state index contributed by atoms with van der Waals surface area (Å²) in [4.78, 5) is 32.9. The Bertz CT molecular complexity index is 569. The maximum atomic E-state index is 12.4. The second-order valence-corrected chi connectivity index (χ2v) is 7.16. The third kappa shape index (κ3) is 4.09. The summed E-state index contributed by atoms with van der Waals surface area (Å²) >= 11 is 1.57. The molecule has 1 aromatic rings. The highest BCUT2D eigenvalue weighted by molar-refractivity contribution is 7.09. The van der Waals surface area contributed by atoms with Crippen molar-refractivity contribution >= 4 is 23.2 Å². The van der Waals surface area contributed by atoms with E-state index >= 15 is 0 Å². The van der Waals surface area contributed by atoms with Crippen LogP contribution in [0.4, 0.5) is 0 Å². The normalized spacial score (nSPS) is 22.2. The molecule has 3 rings (SSSR count). The summed E-state index contributed by atoms with van der Waals surface area (Å²) in [6.07, 6.45) is 2.68. The first-order valence-corrected chi connectivity index (χ1v) is 9.10. The number of nitrogens with zero attached hydrogens (tertiary/aromatic N) is 3. The van der Waals surface area contributed by atoms with Crippen LogP contribution in [0.1, 0.15) is 30.0 Å². The van der Waals surface area contributed by atoms with Gasteiger partial charge in [-0.1, -0.05) is 0 Å². The molecule has 0 aromatic carbocycles. The number of ether oxygens (including phenoxy) is 1. The summed E-state index contributed by atoms with van der Waals surface area (Å²) in [6.45, 7) is 5.23. The SMILES string of the molecule is Cc1nc(CC(=O)N2CCCN(C(=O)C3CCCO3)CC2)cs1. The molecule has 1 atom stereocenters. The molecule has 3 heterocycles. The van der Waals surface area contributed by atoms with Gasteiger partial charge >= 0.3 is 0 Å². The monoisotopic (exact) mass is 337 g/mol. The fourth-order valence-electron chi connectivity index (χ4n) is 3.12. The Morgan fingerprint density at radius 3 is 2.74 bits per heavy atom. The first-order chi connectivity index (χ1) is 11.1. The lowest BCUT2D eigenvalue weighted by atomic mass is 10.2. The summed E-state index contributed by atoms with van der Waals surface area (Å²) in [5, 5.41) is 2.93. The zero-order valence-corrected chi connectivity index (χ0v) is 14.3. The molecule has 23 heavy (non-hydrogen) atoms. The van der Waals surface area contributed by atoms with Gasteiger partial charge in [-0.2, -0.15) is 0 Å². The van der Waals surface area contributed by atoms with E-state index in [0.29, 0.717) is 39.2 Å². The molecular formula is C16H23N3O3S. The minimum absolute atomic E-state index is 0.0897. The molecule has 2 fully saturated rings. The Labute approximate surface area is 140 Å². The Morgan fingerprint density at radius 1 is 1.26 bits per heavy atom. The molecule has 126 valence electrons. The average Bonchev–Trinajstić information content (AvgIpc) is 3.13. The molecule has 0 bridgehead atoms. The van der Waals surface area contributed by atoms with Crippen LogP contribution in [0, 0.1) is 6.92 Å². The molecule has 2 aliphatic rings. The summed E-state index contributed by atoms with van der Waals surface area (Å²) in [5.74, 6) is 0.189. The lowest BCUT2D eigenvalue weighted by molar-refractivity contribution is -0.141. The molecule has 0 N–H and O–H groups in total. The summed E-state index contributed by atoms with van der Waals surface area (Å²) < 4.78 is 5.49. The summed E-state index contributed by atoms with van der Waals surface area (Å²) in [6, 6.07) is 0. The van der Waals surface area contributed by atoms with E-state index in [1.165, 1.54) is 0 Å². The fraction of sp³-hybridized carbons (Fsp3) is 0.688. The minimum Gasteiger partial charge on any atom is -0.368 e. The van der Waals surface area contributed by atoms with Crippen LogP contribution in [-0.2, 0) is 20.7 Å². The van der Waals surface area contributed by atoms with Crippen LogP contribution in [0.2, 0.25) is 0 Å². The van der Waals surface area contributed by atoms with Crippen LogP contribution in [0.25, 0.3) is 0 Å². The van der Waals surface area contributed by atoms with Gasteiger partial charge in [0.1, 0.15) is 6.10 Å². The predicted molar refractivity (Wildman–Crippen MR) is 87.3 cm³/mol. The standard InChI is InChI=1S/C16H23N3O3S/c1-12-17-13(11-23-12)10-15(20)18-5-3-6-19(8-7-18)16(21)14-4-2-9-22-14/h11,14H,2-10H2,1H3. The molecule has 2 amide bonds. The molecule has 2 saturated heterocycles. The van der Waals surface area contributed by atoms with Crippen molar-refractivity contribution in [1.82, 2.24) is 14.8 Å². The largest absolute Gasteiger partial charge is 0.368 e. The molecule has 0 saturated carbocycles. The molecule has 0 aliphatic carbocycles. The zero-order valence-electron chi connectivity index (χ0n) is 13.5. The van der Waals surface area contributed by atoms with E-state index in [2.05, 4.69) is 4.98 Å². The number of carbonyl (C=O) groups is 2. The average molecular weight is 337 g/mol. The molecule has 0 spiro atoms. The lowest BCUT2D eigenvalue weighted by Gasteiger charge is -2.24. The van der Waals surface area contributed by atoms with E-state index in [1.807, 2.05) is 22.1 Å². The smallest absolute Gasteiger partial charge is 0.251 e. The fourth-order valence-corrected chi connectivity index (χ4v) is 3.73. The van der Waals surface area contributed by atoms with Gasteiger partial charge < -0.3 is 14.5 Å². The second-order valence-electron chi connectivity index (χ2n) is 6.10. The number of carbonyl (C=O) groups excluding carboxylic acids is 2. The van der Waals surface area contributed by atoms with Gasteiger partial charge in [-0.3, -0.25) is 9.59 Å². The van der Waals surface area contributed by atoms with Crippen molar-refractivity contribution in [1.29, 1.82) is 0 Å². The first-order valence-electron chi connectivity index (χ1n) is 8.22. The van der Waals surface area contributed by atoms with Crippen molar-refractivity contribution < 1.29 is 14.3 Å². The topological polar surface area (TPSA) is 62.7 Å². The molecule has 1 unspecified atom stereocenters. The number of aryl methyl sites for hydroxylation is 1. The molecule has 0 radical (unpaired) electrons. The molecule has 2 aliphatic heterocycles. The highest BCUT2D eigenvalue weighted by atomic mass is 32.1. The van der Waals surface area contributed by atoms with E-state index in [1.54, 1.807) is 11.3 Å². The van der Waals surface area contributed by atoms with E-state index in [9.17, 15) is 9.59 Å². The Morgan fingerprint density at radius 2 is 2.04 bits per heavy atom. The third-order valence-corrected chi connectivity index (χ3v) is 5.19. The maximum absolute atomic E-state index is 12.4. The van der Waals surface area contributed by atoms with Gasteiger partial charge in [0.25, 0.3) is 5.91 Å². The van der Waals surface area contributed by atoms with Crippen LogP contribution in [0.3, 0.4) is 0 Å². The lowest BCUT2D eigenvalue weighted by Crippen LogP contribution is -2.42. The predicted octanol–water partition coefficient (Wildman–Crippen LogP) is 1.23. The van der Waals surface area contributed by atoms with Crippen LogP contribution in [0.5, 0.6) is 0 Å². The maximum Gasteiger partial charge on any atom is 0.251 e. The van der Waals surface area contributed by atoms with Gasteiger partial charge in [0, 0.05) is 38.2 Å². The van der Waals surface area contributed by atoms with Crippen LogP contribution >= 0.6 is 11.3 Å². The molecule has 6 nitrogen and oxygen atoms in total. The van der Waals surface area contributed by atoms with Crippen LogP contribution in [0.15, 0.2) is 5.38 Å². The van der Waals surface area contributed by atoms with Gasteiger partial charge in [0.05, 0.1) is 17.1 Å². The van der Waals surface area contributed by atoms with Crippen molar-refractivity contribution in [3.05, 3.63) is 16.1 Å². The number of hydrogen-bond donors (Lipinski definition) is 0. The third-order valence-electron chi connectivity index (χ3n) is 4.36. The van der Waals surface area contributed by atoms with Crippen molar-refractivity contribution in [2.75, 3.05) is 32.8 Å². The van der Waals surface area contributed by atoms with Gasteiger partial charge in [0.2, 0.25) is 5.91 Å². The Kier molecular flexibility index (Phi) is 5.27. The zero-order chi connectivity index (χ0) is 16.2. The molecular weight excluding hydrogens is 314 g/mol. The number of aromatic nitrogens is 1. The Hall–Kier alpha value is -1.47. The van der Waals surface area contributed by atoms with E-state index in [4.69, 9.17) is 4.74 Å². The minimum atomic E-state index is -0.268. The second kappa shape index (κ2) is 7.40. The number of thiazole rings is 1.